The second kappa shape index (κ2) is 15.9. The molecule has 0 bridgehead atoms. The number of unbranched alkanes of at least 4 members (excludes halogenated alkanes) is 2. The standard InChI is InChI=1S/C33H48N2O6S2/c1-7-10-17-33(18-11-8-2)22-35(26-14-12-25(13-15-26)34-32(37)24(4)5)27-20-29(42-6)28(21-30(27)43(38,39)23-33)41-19-16-31(36)40-9-3/h12-16,19-21,24,38-39H,7-11,17-18,22-23H2,1-6H3,(H,34,37)/b19-16+. The third-order valence-corrected chi connectivity index (χ3v) is 10.5. The Labute approximate surface area is 263 Å². The van der Waals surface area contributed by atoms with E-state index in [0.29, 0.717) is 22.9 Å². The minimum absolute atomic E-state index is 0.0471. The Hall–Kier alpha value is -2.66. The van der Waals surface area contributed by atoms with Crippen LogP contribution in [0.3, 0.4) is 0 Å². The number of nitrogens with one attached hydrogen (secondary N) is 1. The second-order valence-electron chi connectivity index (χ2n) is 11.4. The van der Waals surface area contributed by atoms with Gasteiger partial charge in [0.15, 0.2) is 0 Å². The summed E-state index contributed by atoms with van der Waals surface area (Å²) in [6.07, 6.45) is 10.2. The van der Waals surface area contributed by atoms with Crippen LogP contribution in [0.1, 0.15) is 73.1 Å². The highest BCUT2D eigenvalue weighted by molar-refractivity contribution is 8.24. The molecule has 0 aromatic heterocycles. The maximum absolute atomic E-state index is 12.3. The van der Waals surface area contributed by atoms with Gasteiger partial charge in [-0.05, 0) is 56.4 Å². The van der Waals surface area contributed by atoms with E-state index >= 15 is 0 Å². The number of benzene rings is 2. The molecule has 8 nitrogen and oxygen atoms in total. The number of anilines is 3. The van der Waals surface area contributed by atoms with E-state index in [0.717, 1.165) is 54.8 Å². The lowest BCUT2D eigenvalue weighted by Gasteiger charge is -2.42. The predicted molar refractivity (Wildman–Crippen MR) is 179 cm³/mol. The van der Waals surface area contributed by atoms with E-state index in [1.54, 1.807) is 13.0 Å². The molecule has 0 atom stereocenters. The van der Waals surface area contributed by atoms with E-state index < -0.39 is 16.6 Å². The number of esters is 1. The molecule has 0 spiro atoms. The van der Waals surface area contributed by atoms with Crippen molar-refractivity contribution in [2.75, 3.05) is 35.4 Å². The number of rotatable bonds is 14. The van der Waals surface area contributed by atoms with Gasteiger partial charge in [0.1, 0.15) is 5.75 Å². The topological polar surface area (TPSA) is 108 Å². The quantitative estimate of drug-likeness (QED) is 0.0819. The third-order valence-electron chi connectivity index (χ3n) is 7.67. The molecule has 0 aliphatic carbocycles. The first-order valence-electron chi connectivity index (χ1n) is 15.2. The molecule has 1 heterocycles. The van der Waals surface area contributed by atoms with Crippen LogP contribution in [-0.2, 0) is 14.3 Å². The van der Waals surface area contributed by atoms with Crippen molar-refractivity contribution in [3.05, 3.63) is 48.7 Å². The average molecular weight is 633 g/mol. The molecule has 3 N–H and O–H groups in total. The van der Waals surface area contributed by atoms with Crippen LogP contribution in [0.15, 0.2) is 58.5 Å². The average Bonchev–Trinajstić information content (AvgIpc) is 3.07. The summed E-state index contributed by atoms with van der Waals surface area (Å²) in [7, 11) is -3.22. The third kappa shape index (κ3) is 9.17. The zero-order valence-corrected chi connectivity index (χ0v) is 28.0. The summed E-state index contributed by atoms with van der Waals surface area (Å²) in [4.78, 5) is 27.5. The van der Waals surface area contributed by atoms with Gasteiger partial charge in [0.25, 0.3) is 0 Å². The summed E-state index contributed by atoms with van der Waals surface area (Å²) in [6, 6.07) is 11.4. The molecule has 238 valence electrons. The highest BCUT2D eigenvalue weighted by Crippen LogP contribution is 2.62. The molecule has 0 fully saturated rings. The van der Waals surface area contributed by atoms with Gasteiger partial charge in [-0.1, -0.05) is 53.4 Å². The Morgan fingerprint density at radius 3 is 2.30 bits per heavy atom. The van der Waals surface area contributed by atoms with E-state index in [-0.39, 0.29) is 29.6 Å². The number of thioether (sulfide) groups is 1. The molecule has 1 aliphatic heterocycles. The molecule has 1 aliphatic rings. The SMILES string of the molecule is CCCCC1(CCCC)CN(c2ccc(NC(=O)C(C)C)cc2)c2cc(SC)c(O/C=C/C(=O)OCC)cc2S(O)(O)C1. The minimum atomic E-state index is -3.22. The van der Waals surface area contributed by atoms with Gasteiger partial charge in [-0.15, -0.1) is 11.8 Å². The van der Waals surface area contributed by atoms with Gasteiger partial charge >= 0.3 is 5.97 Å². The van der Waals surface area contributed by atoms with Gasteiger partial charge in [-0.25, -0.2) is 4.79 Å². The molecule has 0 unspecified atom stereocenters. The van der Waals surface area contributed by atoms with Gasteiger partial charge in [-0.2, -0.15) is 10.6 Å². The van der Waals surface area contributed by atoms with Crippen molar-refractivity contribution in [1.82, 2.24) is 0 Å². The van der Waals surface area contributed by atoms with Gasteiger partial charge in [0, 0.05) is 41.1 Å². The van der Waals surface area contributed by atoms with Crippen LogP contribution in [0.4, 0.5) is 17.1 Å². The first-order chi connectivity index (χ1) is 20.5. The van der Waals surface area contributed by atoms with Gasteiger partial charge in [0.05, 0.1) is 34.4 Å². The number of nitrogens with zero attached hydrogens (tertiary/aromatic N) is 1. The Morgan fingerprint density at radius 2 is 1.74 bits per heavy atom. The number of hydrogen-bond acceptors (Lipinski definition) is 8. The molecule has 10 heteroatoms. The van der Waals surface area contributed by atoms with E-state index in [9.17, 15) is 18.7 Å². The van der Waals surface area contributed by atoms with Crippen LogP contribution in [0.25, 0.3) is 0 Å². The molecule has 0 saturated carbocycles. The Bertz CT molecular complexity index is 1250. The van der Waals surface area contributed by atoms with Crippen molar-refractivity contribution in [2.24, 2.45) is 11.3 Å². The molecular formula is C33H48N2O6S2. The lowest BCUT2D eigenvalue weighted by Crippen LogP contribution is -2.37. The Kier molecular flexibility index (Phi) is 12.9. The fourth-order valence-corrected chi connectivity index (χ4v) is 8.08. The first-order valence-corrected chi connectivity index (χ1v) is 18.1. The molecule has 0 radical (unpaired) electrons. The maximum Gasteiger partial charge on any atom is 0.333 e. The van der Waals surface area contributed by atoms with Crippen LogP contribution in [0, 0.1) is 11.3 Å². The molecule has 43 heavy (non-hydrogen) atoms. The normalized spacial score (nSPS) is 16.4. The Morgan fingerprint density at radius 1 is 1.09 bits per heavy atom. The lowest BCUT2D eigenvalue weighted by molar-refractivity contribution is -0.137. The van der Waals surface area contributed by atoms with Crippen molar-refractivity contribution < 1.29 is 28.2 Å². The van der Waals surface area contributed by atoms with Crippen LogP contribution in [0.5, 0.6) is 5.75 Å². The molecule has 2 aromatic carbocycles. The van der Waals surface area contributed by atoms with E-state index in [1.165, 1.54) is 24.1 Å². The zero-order chi connectivity index (χ0) is 31.6. The molecule has 1 amide bonds. The summed E-state index contributed by atoms with van der Waals surface area (Å²) >= 11 is 1.48. The summed E-state index contributed by atoms with van der Waals surface area (Å²) < 4.78 is 34.6. The first kappa shape index (κ1) is 34.8. The number of amides is 1. The largest absolute Gasteiger partial charge is 0.463 e. The molecule has 3 rings (SSSR count). The van der Waals surface area contributed by atoms with E-state index in [4.69, 9.17) is 9.47 Å². The monoisotopic (exact) mass is 632 g/mol. The highest BCUT2D eigenvalue weighted by Gasteiger charge is 2.42. The summed E-state index contributed by atoms with van der Waals surface area (Å²) in [5.74, 6) is 0.0156. The molecular weight excluding hydrogens is 585 g/mol. The number of ether oxygens (including phenoxy) is 2. The fourth-order valence-electron chi connectivity index (χ4n) is 5.35. The summed E-state index contributed by atoms with van der Waals surface area (Å²) in [6.45, 7) is 10.7. The Balaban J connectivity index is 2.16. The van der Waals surface area contributed by atoms with E-state index in [1.807, 2.05) is 50.4 Å². The van der Waals surface area contributed by atoms with Crippen LogP contribution in [0.2, 0.25) is 0 Å². The molecule has 0 saturated heterocycles. The highest BCUT2D eigenvalue weighted by atomic mass is 32.3. The fraction of sp³-hybridized carbons (Fsp3) is 0.515. The predicted octanol–water partition coefficient (Wildman–Crippen LogP) is 9.09. The van der Waals surface area contributed by atoms with Gasteiger partial charge in [0.2, 0.25) is 5.91 Å². The van der Waals surface area contributed by atoms with Crippen molar-refractivity contribution in [3.63, 3.8) is 0 Å². The van der Waals surface area contributed by atoms with E-state index in [2.05, 4.69) is 24.1 Å². The second-order valence-corrected chi connectivity index (χ2v) is 14.3. The van der Waals surface area contributed by atoms with Crippen molar-refractivity contribution in [1.29, 1.82) is 0 Å². The van der Waals surface area contributed by atoms with Crippen molar-refractivity contribution in [3.8, 4) is 5.75 Å². The number of hydrogen-bond donors (Lipinski definition) is 3. The van der Waals surface area contributed by atoms with Crippen LogP contribution in [-0.4, -0.2) is 46.1 Å². The number of fused-ring (bicyclic) bond motifs is 1. The van der Waals surface area contributed by atoms with Crippen LogP contribution >= 0.6 is 22.4 Å². The number of carbonyl (C=O) groups excluding carboxylic acids is 2. The zero-order valence-electron chi connectivity index (χ0n) is 26.4. The van der Waals surface area contributed by atoms with Gasteiger partial charge in [-0.3, -0.25) is 13.9 Å². The minimum Gasteiger partial charge on any atom is -0.463 e. The molecule has 2 aromatic rings. The summed E-state index contributed by atoms with van der Waals surface area (Å²) in [5, 5.41) is 2.96. The smallest absolute Gasteiger partial charge is 0.333 e. The maximum atomic E-state index is 12.3. The van der Waals surface area contributed by atoms with Gasteiger partial charge < -0.3 is 19.7 Å². The lowest BCUT2D eigenvalue weighted by atomic mass is 9.79. The number of carbonyl (C=O) groups is 2. The van der Waals surface area contributed by atoms with Crippen LogP contribution < -0.4 is 15.0 Å². The van der Waals surface area contributed by atoms with Crippen molar-refractivity contribution >= 4 is 51.3 Å². The summed E-state index contributed by atoms with van der Waals surface area (Å²) in [5.41, 5.74) is 2.02. The van der Waals surface area contributed by atoms with Crippen molar-refractivity contribution in [2.45, 2.75) is 82.9 Å².